The molecule has 250 valence electrons. The molecule has 10 nitrogen and oxygen atoms in total. The van der Waals surface area contributed by atoms with E-state index < -0.39 is 11.9 Å². The van der Waals surface area contributed by atoms with Crippen LogP contribution in [0.5, 0.6) is 11.5 Å². The summed E-state index contributed by atoms with van der Waals surface area (Å²) in [5.41, 5.74) is 1.29. The summed E-state index contributed by atoms with van der Waals surface area (Å²) in [5, 5.41) is 3.06. The molecule has 1 saturated heterocycles. The van der Waals surface area contributed by atoms with Crippen LogP contribution in [0.3, 0.4) is 0 Å². The maximum Gasteiger partial charge on any atom is 0.416 e. The normalized spacial score (nSPS) is 14.3. The first-order chi connectivity index (χ1) is 22.0. The average Bonchev–Trinajstić information content (AvgIpc) is 3.03. The number of aromatic nitrogens is 2. The maximum atomic E-state index is 15.0. The van der Waals surface area contributed by atoms with E-state index in [1.807, 2.05) is 52.0 Å². The highest BCUT2D eigenvalue weighted by atomic mass is 19.1. The molecule has 2 aromatic carbocycles. The fraction of sp³-hybridized carbons (Fsp3) is 0.514. The smallest absolute Gasteiger partial charge is 0.416 e. The zero-order valence-electron chi connectivity index (χ0n) is 28.2. The minimum absolute atomic E-state index is 0.132. The first-order valence-corrected chi connectivity index (χ1v) is 16.1. The van der Waals surface area contributed by atoms with Crippen LogP contribution in [0.2, 0.25) is 0 Å². The lowest BCUT2D eigenvalue weighted by molar-refractivity contribution is 0.0466. The lowest BCUT2D eigenvalue weighted by Crippen LogP contribution is -2.49. The topological polar surface area (TPSA) is 92.3 Å². The minimum atomic E-state index is -0.519. The second-order valence-electron chi connectivity index (χ2n) is 12.6. The number of carbonyl (C=O) groups is 1. The van der Waals surface area contributed by atoms with Crippen molar-refractivity contribution in [2.45, 2.75) is 60.2 Å². The van der Waals surface area contributed by atoms with Gasteiger partial charge in [0.25, 0.3) is 0 Å². The lowest BCUT2D eigenvalue weighted by Gasteiger charge is -2.36. The number of anilines is 3. The van der Waals surface area contributed by atoms with Crippen LogP contribution < -0.4 is 19.7 Å². The van der Waals surface area contributed by atoms with Gasteiger partial charge in [0.05, 0.1) is 13.7 Å². The summed E-state index contributed by atoms with van der Waals surface area (Å²) in [4.78, 5) is 28.8. The molecule has 0 aliphatic carbocycles. The van der Waals surface area contributed by atoms with Gasteiger partial charge in [0, 0.05) is 56.7 Å². The van der Waals surface area contributed by atoms with Crippen LogP contribution in [0.15, 0.2) is 54.7 Å². The predicted octanol–water partition coefficient (Wildman–Crippen LogP) is 6.60. The van der Waals surface area contributed by atoms with Gasteiger partial charge < -0.3 is 19.5 Å². The summed E-state index contributed by atoms with van der Waals surface area (Å²) in [6.07, 6.45) is 0.751. The molecule has 0 atom stereocenters. The second kappa shape index (κ2) is 16.6. The molecule has 1 aromatic heterocycles. The number of hydrogen-bond donors (Lipinski definition) is 1. The first-order valence-electron chi connectivity index (χ1n) is 16.1. The van der Waals surface area contributed by atoms with E-state index in [0.29, 0.717) is 29.9 Å². The molecule has 1 aliphatic rings. The lowest BCUT2D eigenvalue weighted by atomic mass is 9.96. The number of methoxy groups -OCH3 is 1. The van der Waals surface area contributed by atoms with Gasteiger partial charge in [0.15, 0.2) is 11.6 Å². The van der Waals surface area contributed by atoms with Crippen LogP contribution in [-0.4, -0.2) is 84.4 Å². The highest BCUT2D eigenvalue weighted by Crippen LogP contribution is 2.26. The molecule has 4 rings (SSSR count). The van der Waals surface area contributed by atoms with Crippen molar-refractivity contribution in [1.82, 2.24) is 19.8 Å². The number of carbonyl (C=O) groups excluding carboxylic acids is 1. The molecule has 3 aromatic rings. The third-order valence-corrected chi connectivity index (χ3v) is 8.15. The molecule has 0 unspecified atom stereocenters. The zero-order valence-corrected chi connectivity index (χ0v) is 28.2. The number of nitrogens with zero attached hydrogens (tertiary/aromatic N) is 5. The van der Waals surface area contributed by atoms with E-state index in [2.05, 4.69) is 38.9 Å². The number of hydrogen-bond acceptors (Lipinski definition) is 9. The van der Waals surface area contributed by atoms with Gasteiger partial charge in [-0.2, -0.15) is 4.98 Å². The van der Waals surface area contributed by atoms with Gasteiger partial charge in [-0.1, -0.05) is 39.8 Å². The summed E-state index contributed by atoms with van der Waals surface area (Å²) < 4.78 is 32.2. The van der Waals surface area contributed by atoms with Crippen molar-refractivity contribution in [3.63, 3.8) is 0 Å². The van der Waals surface area contributed by atoms with Crippen molar-refractivity contribution in [3.8, 4) is 11.5 Å². The van der Waals surface area contributed by atoms with E-state index in [4.69, 9.17) is 14.2 Å². The van der Waals surface area contributed by atoms with Crippen LogP contribution in [-0.2, 0) is 11.3 Å². The van der Waals surface area contributed by atoms with Crippen LogP contribution >= 0.6 is 0 Å². The molecule has 46 heavy (non-hydrogen) atoms. The predicted molar refractivity (Wildman–Crippen MR) is 179 cm³/mol. The van der Waals surface area contributed by atoms with Crippen LogP contribution in [0.1, 0.15) is 47.1 Å². The zero-order chi connectivity index (χ0) is 33.2. The Hall–Kier alpha value is -3.96. The summed E-state index contributed by atoms with van der Waals surface area (Å²) >= 11 is 0. The van der Waals surface area contributed by atoms with Crippen LogP contribution in [0, 0.1) is 17.7 Å². The largest absolute Gasteiger partial charge is 0.497 e. The fourth-order valence-electron chi connectivity index (χ4n) is 5.59. The number of halogens is 1. The Morgan fingerprint density at radius 3 is 2.39 bits per heavy atom. The summed E-state index contributed by atoms with van der Waals surface area (Å²) in [5.74, 6) is 1.20. The molecular weight excluding hydrogens is 587 g/mol. The molecule has 0 spiro atoms. The van der Waals surface area contributed by atoms with Gasteiger partial charge in [-0.25, -0.2) is 14.2 Å². The number of benzene rings is 2. The number of ether oxygens (including phenoxy) is 3. The van der Waals surface area contributed by atoms with E-state index in [9.17, 15) is 4.79 Å². The minimum Gasteiger partial charge on any atom is -0.497 e. The van der Waals surface area contributed by atoms with Crippen molar-refractivity contribution in [2.75, 3.05) is 56.7 Å². The van der Waals surface area contributed by atoms with Crippen molar-refractivity contribution in [2.24, 2.45) is 11.8 Å². The van der Waals surface area contributed by atoms with E-state index in [-0.39, 0.29) is 36.2 Å². The molecule has 1 amide bonds. The highest BCUT2D eigenvalue weighted by molar-refractivity contribution is 5.86. The van der Waals surface area contributed by atoms with Gasteiger partial charge in [-0.05, 0) is 61.6 Å². The van der Waals surface area contributed by atoms with E-state index >= 15 is 4.39 Å². The molecule has 0 saturated carbocycles. The Labute approximate surface area is 272 Å². The van der Waals surface area contributed by atoms with Crippen molar-refractivity contribution >= 4 is 23.5 Å². The Kier molecular flexibility index (Phi) is 12.6. The summed E-state index contributed by atoms with van der Waals surface area (Å²) in [6.45, 7) is 17.9. The molecule has 0 radical (unpaired) electrons. The van der Waals surface area contributed by atoms with E-state index in [1.165, 1.54) is 11.0 Å². The first kappa shape index (κ1) is 34.9. The Morgan fingerprint density at radius 1 is 1.00 bits per heavy atom. The van der Waals surface area contributed by atoms with Crippen LogP contribution in [0.25, 0.3) is 0 Å². The van der Waals surface area contributed by atoms with Crippen molar-refractivity contribution in [3.05, 3.63) is 66.1 Å². The van der Waals surface area contributed by atoms with Gasteiger partial charge in [0.2, 0.25) is 5.95 Å². The van der Waals surface area contributed by atoms with E-state index in [1.54, 1.807) is 31.5 Å². The van der Waals surface area contributed by atoms with Gasteiger partial charge in [0.1, 0.15) is 24.3 Å². The monoisotopic (exact) mass is 636 g/mol. The van der Waals surface area contributed by atoms with Gasteiger partial charge >= 0.3 is 6.09 Å². The molecule has 1 aliphatic heterocycles. The Balaban J connectivity index is 1.44. The summed E-state index contributed by atoms with van der Waals surface area (Å²) in [6, 6.07) is 14.3. The van der Waals surface area contributed by atoms with Gasteiger partial charge in [-0.15, -0.1) is 0 Å². The standard InChI is InChI=1S/C35H49FN6O4/c1-24(2)33(25(3)4)46-35(43)42(23-27-9-8-10-29(21-27)44-7)32-13-14-37-34(39-32)38-28-11-12-31(30(36)22-28)45-20-19-40-15-17-41(18-16-40)26(5)6/h8-14,21-22,24-26,33H,15-20,23H2,1-7H3,(H,37,38,39). The SMILES string of the molecule is COc1cccc(CN(C(=O)OC(C(C)C)C(C)C)c2ccnc(Nc3ccc(OCCN4CCN(C(C)C)CC4)c(F)c3)n2)c1. The molecule has 2 heterocycles. The highest BCUT2D eigenvalue weighted by Gasteiger charge is 2.27. The summed E-state index contributed by atoms with van der Waals surface area (Å²) in [7, 11) is 1.60. The third kappa shape index (κ3) is 9.77. The molecule has 1 N–H and O–H groups in total. The van der Waals surface area contributed by atoms with Crippen molar-refractivity contribution < 1.29 is 23.4 Å². The van der Waals surface area contributed by atoms with E-state index in [0.717, 1.165) is 38.3 Å². The van der Waals surface area contributed by atoms with Gasteiger partial charge in [-0.3, -0.25) is 14.7 Å². The Bertz CT molecular complexity index is 1410. The quantitative estimate of drug-likeness (QED) is 0.210. The number of nitrogens with one attached hydrogen (secondary N) is 1. The fourth-order valence-corrected chi connectivity index (χ4v) is 5.59. The average molecular weight is 637 g/mol. The molecule has 1 fully saturated rings. The number of rotatable bonds is 14. The third-order valence-electron chi connectivity index (χ3n) is 8.15. The second-order valence-corrected chi connectivity index (χ2v) is 12.6. The number of piperazine rings is 1. The molecule has 11 heteroatoms. The molecular formula is C35H49FN6O4. The van der Waals surface area contributed by atoms with Crippen molar-refractivity contribution in [1.29, 1.82) is 0 Å². The molecule has 0 bridgehead atoms. The van der Waals surface area contributed by atoms with Crippen LogP contribution in [0.4, 0.5) is 26.6 Å². The maximum absolute atomic E-state index is 15.0. The number of amides is 1. The Morgan fingerprint density at radius 2 is 1.74 bits per heavy atom.